The van der Waals surface area contributed by atoms with Crippen LogP contribution in [0.4, 0.5) is 35.4 Å². The minimum absolute atomic E-state index is 0.0612. The Morgan fingerprint density at radius 3 is 2.53 bits per heavy atom. The van der Waals surface area contributed by atoms with Crippen molar-refractivity contribution in [3.8, 4) is 0 Å². The first-order chi connectivity index (χ1) is 15.6. The summed E-state index contributed by atoms with van der Waals surface area (Å²) < 4.78 is 69.3. The molecule has 3 rings (SSSR count). The Balaban J connectivity index is 1.97. The maximum absolute atomic E-state index is 13.0. The van der Waals surface area contributed by atoms with E-state index in [1.54, 1.807) is 32.5 Å². The molecule has 0 saturated heterocycles. The lowest BCUT2D eigenvalue weighted by Crippen LogP contribution is -2.34. The molecule has 2 aromatic rings. The van der Waals surface area contributed by atoms with Gasteiger partial charge in [0.1, 0.15) is 11.3 Å². The van der Waals surface area contributed by atoms with Crippen LogP contribution >= 0.6 is 11.3 Å². The average Bonchev–Trinajstić information content (AvgIpc) is 3.17. The molecule has 1 aliphatic heterocycles. The van der Waals surface area contributed by atoms with Crippen LogP contribution in [0.25, 0.3) is 0 Å². The number of benzene rings is 1. The molecule has 15 heteroatoms. The molecule has 1 unspecified atom stereocenters. The predicted molar refractivity (Wildman–Crippen MR) is 120 cm³/mol. The maximum atomic E-state index is 13.0. The van der Waals surface area contributed by atoms with Crippen LogP contribution in [0.1, 0.15) is 49.5 Å². The fraction of sp³-hybridized carbons (Fsp3) is 0.526. The monoisotopic (exact) mass is 520 g/mol. The van der Waals surface area contributed by atoms with Gasteiger partial charge in [-0.15, -0.1) is 20.4 Å². The first-order valence-electron chi connectivity index (χ1n) is 10.0. The summed E-state index contributed by atoms with van der Waals surface area (Å²) in [5.74, 6) is -0.712. The number of nitrogens with one attached hydrogen (secondary N) is 1. The van der Waals surface area contributed by atoms with E-state index in [0.717, 1.165) is 23.3 Å². The fourth-order valence-electron chi connectivity index (χ4n) is 3.07. The number of sulfonamides is 1. The number of rotatable bonds is 5. The summed E-state index contributed by atoms with van der Waals surface area (Å²) in [6.45, 7) is 7.01. The average molecular weight is 521 g/mol. The van der Waals surface area contributed by atoms with Crippen molar-refractivity contribution in [2.45, 2.75) is 57.7 Å². The third kappa shape index (κ3) is 5.81. The number of hydrogen-bond donors (Lipinski definition) is 1. The van der Waals surface area contributed by atoms with E-state index in [1.807, 2.05) is 11.8 Å². The van der Waals surface area contributed by atoms with Gasteiger partial charge in [-0.2, -0.15) is 21.6 Å². The Morgan fingerprint density at radius 2 is 1.91 bits per heavy atom. The van der Waals surface area contributed by atoms with Gasteiger partial charge in [-0.3, -0.25) is 4.72 Å². The van der Waals surface area contributed by atoms with E-state index in [9.17, 15) is 26.4 Å². The molecule has 0 bridgehead atoms. The Labute approximate surface area is 198 Å². The molecule has 0 radical (unpaired) electrons. The molecule has 0 aliphatic carbocycles. The fourth-order valence-corrected chi connectivity index (χ4v) is 4.18. The number of alkyl halides is 3. The molecule has 1 N–H and O–H groups in total. The Hall–Kier alpha value is -2.81. The van der Waals surface area contributed by atoms with E-state index in [4.69, 9.17) is 4.74 Å². The van der Waals surface area contributed by atoms with Crippen LogP contribution in [0.2, 0.25) is 0 Å². The van der Waals surface area contributed by atoms with Crippen LogP contribution in [0, 0.1) is 0 Å². The van der Waals surface area contributed by atoms with E-state index in [2.05, 4.69) is 20.4 Å². The Kier molecular flexibility index (Phi) is 6.90. The van der Waals surface area contributed by atoms with Crippen molar-refractivity contribution in [1.82, 2.24) is 10.2 Å². The second-order valence-electron chi connectivity index (χ2n) is 8.64. The summed E-state index contributed by atoms with van der Waals surface area (Å²) >= 11 is 0.770. The highest BCUT2D eigenvalue weighted by Crippen LogP contribution is 2.40. The smallest absolute Gasteiger partial charge is 0.455 e. The van der Waals surface area contributed by atoms with Gasteiger partial charge in [-0.25, -0.2) is 4.79 Å². The van der Waals surface area contributed by atoms with Crippen molar-refractivity contribution in [3.63, 3.8) is 0 Å². The maximum Gasteiger partial charge on any atom is 0.516 e. The van der Waals surface area contributed by atoms with Gasteiger partial charge in [0.25, 0.3) is 5.13 Å². The molecule has 0 saturated carbocycles. The molecule has 186 valence electrons. The molecule has 1 atom stereocenters. The quantitative estimate of drug-likeness (QED) is 0.437. The van der Waals surface area contributed by atoms with Crippen LogP contribution in [0.15, 0.2) is 22.4 Å². The molecule has 0 fully saturated rings. The third-order valence-corrected chi connectivity index (χ3v) is 6.74. The number of carbonyl (C=O) groups is 1. The second-order valence-corrected chi connectivity index (χ2v) is 11.3. The van der Waals surface area contributed by atoms with Crippen LogP contribution in [-0.2, 0) is 21.2 Å². The second kappa shape index (κ2) is 9.09. The Bertz CT molecular complexity index is 1220. The summed E-state index contributed by atoms with van der Waals surface area (Å²) in [6, 6.07) is 2.89. The number of anilines is 2. The molecule has 10 nitrogen and oxygen atoms in total. The van der Waals surface area contributed by atoms with Crippen molar-refractivity contribution >= 4 is 49.5 Å². The highest BCUT2D eigenvalue weighted by atomic mass is 32.2. The van der Waals surface area contributed by atoms with Gasteiger partial charge in [0, 0.05) is 18.8 Å². The zero-order chi connectivity index (χ0) is 25.5. The van der Waals surface area contributed by atoms with E-state index < -0.39 is 32.8 Å². The number of azo groups is 1. The van der Waals surface area contributed by atoms with Gasteiger partial charge in [-0.05, 0) is 58.2 Å². The summed E-state index contributed by atoms with van der Waals surface area (Å²) in [5, 5.41) is 15.0. The van der Waals surface area contributed by atoms with Gasteiger partial charge in [0.15, 0.2) is 0 Å². The molecule has 0 spiro atoms. The molecule has 2 heterocycles. The molecule has 1 aromatic heterocycles. The lowest BCUT2D eigenvalue weighted by molar-refractivity contribution is -0.0429. The predicted octanol–water partition coefficient (Wildman–Crippen LogP) is 4.94. The molecule has 1 aliphatic rings. The topological polar surface area (TPSA) is 126 Å². The lowest BCUT2D eigenvalue weighted by atomic mass is 9.96. The molecular weight excluding hydrogens is 497 g/mol. The van der Waals surface area contributed by atoms with Gasteiger partial charge in [0.2, 0.25) is 5.01 Å². The summed E-state index contributed by atoms with van der Waals surface area (Å²) in [5.41, 5.74) is -5.43. The number of aryl methyl sites for hydroxylation is 1. The molecular formula is C19H23F3N6O4S2. The summed E-state index contributed by atoms with van der Waals surface area (Å²) in [7, 11) is -3.93. The highest BCUT2D eigenvalue weighted by molar-refractivity contribution is 7.93. The largest absolute Gasteiger partial charge is 0.516 e. The van der Waals surface area contributed by atoms with Gasteiger partial charge < -0.3 is 9.64 Å². The number of nitrogens with zero attached hydrogens (tertiary/aromatic N) is 5. The van der Waals surface area contributed by atoms with Crippen molar-refractivity contribution < 1.29 is 31.1 Å². The number of fused-ring (bicyclic) bond motifs is 1. The van der Waals surface area contributed by atoms with Crippen LogP contribution in [0.3, 0.4) is 0 Å². The SMILES string of the molecule is CC1CCc2cc(N=Nc3nnc(C(=O)OC(C)(C)C)s3)c(NS(=O)(=O)C(F)(F)F)cc2N1C. The zero-order valence-corrected chi connectivity index (χ0v) is 20.6. The zero-order valence-electron chi connectivity index (χ0n) is 19.0. The van der Waals surface area contributed by atoms with Crippen LogP contribution in [-0.4, -0.2) is 48.8 Å². The first kappa shape index (κ1) is 25.8. The molecule has 0 amide bonds. The van der Waals surface area contributed by atoms with Gasteiger partial charge in [-0.1, -0.05) is 11.3 Å². The number of halogens is 3. The lowest BCUT2D eigenvalue weighted by Gasteiger charge is -2.34. The van der Waals surface area contributed by atoms with Crippen molar-refractivity contribution in [1.29, 1.82) is 0 Å². The number of carbonyl (C=O) groups excluding carboxylic acids is 1. The van der Waals surface area contributed by atoms with Crippen LogP contribution in [0.5, 0.6) is 0 Å². The number of esters is 1. The summed E-state index contributed by atoms with van der Waals surface area (Å²) in [4.78, 5) is 13.9. The normalized spacial score (nSPS) is 17.1. The van der Waals surface area contributed by atoms with E-state index in [0.29, 0.717) is 12.1 Å². The van der Waals surface area contributed by atoms with Gasteiger partial charge in [0.05, 0.1) is 5.69 Å². The van der Waals surface area contributed by atoms with Crippen LogP contribution < -0.4 is 9.62 Å². The van der Waals surface area contributed by atoms with E-state index >= 15 is 0 Å². The third-order valence-electron chi connectivity index (χ3n) is 4.85. The molecule has 34 heavy (non-hydrogen) atoms. The van der Waals surface area contributed by atoms with E-state index in [-0.39, 0.29) is 21.9 Å². The first-order valence-corrected chi connectivity index (χ1v) is 12.3. The standard InChI is InChI=1S/C19H23F3N6O4S2/c1-10-6-7-11-8-12(13(9-14(11)28(10)5)27-34(30,31)19(20,21)22)23-25-17-26-24-15(33-17)16(29)32-18(2,3)4/h8-10,27H,6-7H2,1-5H3. The molecule has 1 aromatic carbocycles. The van der Waals surface area contributed by atoms with Gasteiger partial charge >= 0.3 is 21.5 Å². The van der Waals surface area contributed by atoms with Crippen molar-refractivity contribution in [2.75, 3.05) is 16.7 Å². The number of aromatic nitrogens is 2. The van der Waals surface area contributed by atoms with Crippen molar-refractivity contribution in [3.05, 3.63) is 22.7 Å². The number of hydrogen-bond acceptors (Lipinski definition) is 10. The number of ether oxygens (including phenoxy) is 1. The minimum Gasteiger partial charge on any atom is -0.455 e. The van der Waals surface area contributed by atoms with Crippen molar-refractivity contribution in [2.24, 2.45) is 10.2 Å². The highest BCUT2D eigenvalue weighted by Gasteiger charge is 2.46. The van der Waals surface area contributed by atoms with E-state index in [1.165, 1.54) is 12.1 Å². The Morgan fingerprint density at radius 1 is 1.24 bits per heavy atom. The summed E-state index contributed by atoms with van der Waals surface area (Å²) in [6.07, 6.45) is 1.42. The minimum atomic E-state index is -5.70.